The Labute approximate surface area is 118 Å². The third-order valence-corrected chi connectivity index (χ3v) is 5.19. The maximum Gasteiger partial charge on any atom is 0.0465 e. The van der Waals surface area contributed by atoms with Crippen LogP contribution in [0.2, 0.25) is 10.0 Å². The van der Waals surface area contributed by atoms with Crippen LogP contribution in [0.5, 0.6) is 0 Å². The van der Waals surface area contributed by atoms with E-state index in [0.717, 1.165) is 53.6 Å². The number of fused-ring (bicyclic) bond motifs is 1. The number of halogens is 2. The maximum absolute atomic E-state index is 6.25. The number of rotatable bonds is 2. The first-order valence-electron chi connectivity index (χ1n) is 6.54. The number of nitrogens with one attached hydrogen (secondary N) is 1. The predicted octanol–water partition coefficient (Wildman–Crippen LogP) is 3.03. The Morgan fingerprint density at radius 2 is 2.00 bits per heavy atom. The van der Waals surface area contributed by atoms with Gasteiger partial charge in [-0.1, -0.05) is 29.3 Å². The lowest BCUT2D eigenvalue weighted by molar-refractivity contribution is 0.231. The van der Waals surface area contributed by atoms with Crippen LogP contribution in [0.3, 0.4) is 0 Å². The lowest BCUT2D eigenvalue weighted by Crippen LogP contribution is -2.32. The molecule has 0 saturated carbocycles. The Balaban J connectivity index is 1.78. The fraction of sp³-hybridized carbons (Fsp3) is 0.571. The molecule has 3 rings (SSSR count). The fourth-order valence-electron chi connectivity index (χ4n) is 3.35. The van der Waals surface area contributed by atoms with Crippen LogP contribution in [0.15, 0.2) is 18.2 Å². The second kappa shape index (κ2) is 5.01. The summed E-state index contributed by atoms with van der Waals surface area (Å²) in [6, 6.07) is 6.36. The standard InChI is InChI=1S/C14H18Cl2N2/c1-9-11-6-17-5-10(11)7-18(9)8-12-13(15)3-2-4-14(12)16/h2-4,9-11,17H,5-8H2,1H3. The van der Waals surface area contributed by atoms with E-state index in [2.05, 4.69) is 17.1 Å². The van der Waals surface area contributed by atoms with Crippen molar-refractivity contribution in [1.29, 1.82) is 0 Å². The highest BCUT2D eigenvalue weighted by atomic mass is 35.5. The van der Waals surface area contributed by atoms with Crippen molar-refractivity contribution in [3.63, 3.8) is 0 Å². The first kappa shape index (κ1) is 12.7. The molecule has 2 heterocycles. The zero-order valence-corrected chi connectivity index (χ0v) is 12.0. The summed E-state index contributed by atoms with van der Waals surface area (Å²) in [4.78, 5) is 2.52. The molecule has 1 aromatic carbocycles. The molecule has 18 heavy (non-hydrogen) atoms. The molecule has 98 valence electrons. The first-order valence-corrected chi connectivity index (χ1v) is 7.30. The van der Waals surface area contributed by atoms with Gasteiger partial charge < -0.3 is 5.32 Å². The molecule has 0 radical (unpaired) electrons. The van der Waals surface area contributed by atoms with Gasteiger partial charge in [0.2, 0.25) is 0 Å². The number of hydrogen-bond donors (Lipinski definition) is 1. The van der Waals surface area contributed by atoms with Crippen LogP contribution in [0.4, 0.5) is 0 Å². The molecule has 2 aliphatic rings. The van der Waals surface area contributed by atoms with E-state index in [4.69, 9.17) is 23.2 Å². The van der Waals surface area contributed by atoms with Gasteiger partial charge in [0.15, 0.2) is 0 Å². The van der Waals surface area contributed by atoms with Crippen molar-refractivity contribution in [1.82, 2.24) is 10.2 Å². The van der Waals surface area contributed by atoms with Crippen molar-refractivity contribution in [2.24, 2.45) is 11.8 Å². The molecule has 1 aromatic rings. The number of nitrogens with zero attached hydrogens (tertiary/aromatic N) is 1. The van der Waals surface area contributed by atoms with Crippen LogP contribution < -0.4 is 5.32 Å². The van der Waals surface area contributed by atoms with Crippen LogP contribution in [0.1, 0.15) is 12.5 Å². The molecule has 0 aliphatic carbocycles. The van der Waals surface area contributed by atoms with E-state index >= 15 is 0 Å². The van der Waals surface area contributed by atoms with Crippen molar-refractivity contribution in [3.05, 3.63) is 33.8 Å². The number of hydrogen-bond acceptors (Lipinski definition) is 2. The lowest BCUT2D eigenvalue weighted by atomic mass is 9.95. The SMILES string of the molecule is CC1C2CNCC2CN1Cc1c(Cl)cccc1Cl. The highest BCUT2D eigenvalue weighted by Crippen LogP contribution is 2.35. The van der Waals surface area contributed by atoms with Crippen LogP contribution in [0, 0.1) is 11.8 Å². The molecule has 1 N–H and O–H groups in total. The molecule has 0 bridgehead atoms. The van der Waals surface area contributed by atoms with Crippen LogP contribution in [-0.2, 0) is 6.54 Å². The van der Waals surface area contributed by atoms with E-state index in [0.29, 0.717) is 6.04 Å². The van der Waals surface area contributed by atoms with Gasteiger partial charge in [-0.25, -0.2) is 0 Å². The molecule has 2 saturated heterocycles. The summed E-state index contributed by atoms with van der Waals surface area (Å²) in [6.07, 6.45) is 0. The largest absolute Gasteiger partial charge is 0.316 e. The summed E-state index contributed by atoms with van der Waals surface area (Å²) >= 11 is 12.5. The zero-order valence-electron chi connectivity index (χ0n) is 10.5. The van der Waals surface area contributed by atoms with Crippen LogP contribution >= 0.6 is 23.2 Å². The molecule has 4 heteroatoms. The van der Waals surface area contributed by atoms with Gasteiger partial charge in [-0.3, -0.25) is 4.90 Å². The predicted molar refractivity (Wildman–Crippen MR) is 76.2 cm³/mol. The fourth-order valence-corrected chi connectivity index (χ4v) is 3.87. The van der Waals surface area contributed by atoms with Crippen molar-refractivity contribution in [3.8, 4) is 0 Å². The summed E-state index contributed by atoms with van der Waals surface area (Å²) in [7, 11) is 0. The zero-order chi connectivity index (χ0) is 12.7. The second-order valence-electron chi connectivity index (χ2n) is 5.45. The Morgan fingerprint density at radius 3 is 2.67 bits per heavy atom. The van der Waals surface area contributed by atoms with Crippen molar-refractivity contribution in [2.75, 3.05) is 19.6 Å². The van der Waals surface area contributed by atoms with E-state index < -0.39 is 0 Å². The number of benzene rings is 1. The smallest absolute Gasteiger partial charge is 0.0465 e. The summed E-state index contributed by atoms with van der Waals surface area (Å²) < 4.78 is 0. The van der Waals surface area contributed by atoms with Gasteiger partial charge in [0.25, 0.3) is 0 Å². The topological polar surface area (TPSA) is 15.3 Å². The molecule has 0 spiro atoms. The van der Waals surface area contributed by atoms with Gasteiger partial charge in [-0.2, -0.15) is 0 Å². The average Bonchev–Trinajstić information content (AvgIpc) is 2.89. The van der Waals surface area contributed by atoms with Gasteiger partial charge in [0.05, 0.1) is 0 Å². The molecule has 3 unspecified atom stereocenters. The molecule has 2 nitrogen and oxygen atoms in total. The van der Waals surface area contributed by atoms with E-state index in [1.165, 1.54) is 0 Å². The van der Waals surface area contributed by atoms with E-state index in [-0.39, 0.29) is 0 Å². The molecule has 3 atom stereocenters. The average molecular weight is 285 g/mol. The Kier molecular flexibility index (Phi) is 3.55. The summed E-state index contributed by atoms with van der Waals surface area (Å²) in [6.45, 7) is 6.65. The third kappa shape index (κ3) is 2.16. The Hall–Kier alpha value is -0.280. The van der Waals surface area contributed by atoms with Gasteiger partial charge in [0, 0.05) is 34.7 Å². The molecule has 0 amide bonds. The van der Waals surface area contributed by atoms with E-state index in [1.54, 1.807) is 0 Å². The van der Waals surface area contributed by atoms with Crippen molar-refractivity contribution in [2.45, 2.75) is 19.5 Å². The van der Waals surface area contributed by atoms with Gasteiger partial charge in [0.1, 0.15) is 0 Å². The van der Waals surface area contributed by atoms with Gasteiger partial charge in [-0.05, 0) is 44.0 Å². The van der Waals surface area contributed by atoms with Crippen molar-refractivity contribution < 1.29 is 0 Å². The van der Waals surface area contributed by atoms with E-state index in [9.17, 15) is 0 Å². The Bertz CT molecular complexity index is 429. The number of likely N-dealkylation sites (tertiary alicyclic amines) is 1. The normalized spacial score (nSPS) is 31.8. The molecule has 2 fully saturated rings. The Morgan fingerprint density at radius 1 is 1.28 bits per heavy atom. The quantitative estimate of drug-likeness (QED) is 0.898. The maximum atomic E-state index is 6.25. The monoisotopic (exact) mass is 284 g/mol. The van der Waals surface area contributed by atoms with E-state index in [1.807, 2.05) is 18.2 Å². The van der Waals surface area contributed by atoms with Crippen LogP contribution in [0.25, 0.3) is 0 Å². The third-order valence-electron chi connectivity index (χ3n) is 4.48. The van der Waals surface area contributed by atoms with Crippen LogP contribution in [-0.4, -0.2) is 30.6 Å². The summed E-state index contributed by atoms with van der Waals surface area (Å²) in [5, 5.41) is 5.05. The molecular weight excluding hydrogens is 267 g/mol. The van der Waals surface area contributed by atoms with Gasteiger partial charge >= 0.3 is 0 Å². The minimum absolute atomic E-state index is 0.609. The molecule has 2 aliphatic heterocycles. The second-order valence-corrected chi connectivity index (χ2v) is 6.27. The minimum Gasteiger partial charge on any atom is -0.316 e. The van der Waals surface area contributed by atoms with Gasteiger partial charge in [-0.15, -0.1) is 0 Å². The summed E-state index contributed by atoms with van der Waals surface area (Å²) in [5.74, 6) is 1.58. The lowest BCUT2D eigenvalue weighted by Gasteiger charge is -2.25. The highest BCUT2D eigenvalue weighted by molar-refractivity contribution is 6.35. The minimum atomic E-state index is 0.609. The summed E-state index contributed by atoms with van der Waals surface area (Å²) in [5.41, 5.74) is 1.07. The first-order chi connectivity index (χ1) is 8.66. The van der Waals surface area contributed by atoms with Crippen molar-refractivity contribution >= 4 is 23.2 Å². The molecule has 0 aromatic heterocycles. The molecular formula is C14H18Cl2N2. The highest BCUT2D eigenvalue weighted by Gasteiger charge is 2.41.